The smallest absolute Gasteiger partial charge is 0.311 e. The average Bonchev–Trinajstić information content (AvgIpc) is 2.77. The number of nitrogens with zero attached hydrogens (tertiary/aromatic N) is 1. The third kappa shape index (κ3) is 2.60. The first-order valence-electron chi connectivity index (χ1n) is 5.92. The van der Waals surface area contributed by atoms with Crippen molar-refractivity contribution < 1.29 is 19.1 Å². The fourth-order valence-corrected chi connectivity index (χ4v) is 2.63. The number of carbonyl (C=O) groups is 2. The Morgan fingerprint density at radius 2 is 2.00 bits per heavy atom. The number of hydrogen-bond donors (Lipinski definition) is 1. The number of carboxylic acid groups (broad SMARTS) is 1. The van der Waals surface area contributed by atoms with Crippen LogP contribution >= 0.6 is 23.2 Å². The standard InChI is InChI=1S/C13H12Cl2FNO3/c1-13(12(19)20)2-3-17(6-13)11(18)7-4-10(16)9(15)5-8(7)14/h4-5H,2-3,6H2,1H3,(H,19,20). The number of rotatable bonds is 2. The molecule has 1 unspecified atom stereocenters. The van der Waals surface area contributed by atoms with Gasteiger partial charge in [0.05, 0.1) is 21.0 Å². The van der Waals surface area contributed by atoms with Crippen LogP contribution < -0.4 is 0 Å². The molecule has 4 nitrogen and oxygen atoms in total. The second-order valence-corrected chi connectivity index (χ2v) is 5.90. The summed E-state index contributed by atoms with van der Waals surface area (Å²) in [6, 6.07) is 2.14. The van der Waals surface area contributed by atoms with Crippen LogP contribution in [-0.4, -0.2) is 35.0 Å². The highest BCUT2D eigenvalue weighted by Gasteiger charge is 2.42. The topological polar surface area (TPSA) is 57.6 Å². The van der Waals surface area contributed by atoms with Crippen LogP contribution in [0.5, 0.6) is 0 Å². The molecule has 1 atom stereocenters. The zero-order valence-corrected chi connectivity index (χ0v) is 12.1. The molecule has 108 valence electrons. The highest BCUT2D eigenvalue weighted by atomic mass is 35.5. The van der Waals surface area contributed by atoms with Crippen LogP contribution in [0.3, 0.4) is 0 Å². The van der Waals surface area contributed by atoms with Crippen molar-refractivity contribution in [1.29, 1.82) is 0 Å². The van der Waals surface area contributed by atoms with E-state index < -0.39 is 23.1 Å². The van der Waals surface area contributed by atoms with Gasteiger partial charge in [-0.2, -0.15) is 0 Å². The molecular formula is C13H12Cl2FNO3. The van der Waals surface area contributed by atoms with Gasteiger partial charge in [0, 0.05) is 13.1 Å². The van der Waals surface area contributed by atoms with Crippen molar-refractivity contribution in [3.05, 3.63) is 33.6 Å². The van der Waals surface area contributed by atoms with Gasteiger partial charge >= 0.3 is 5.97 Å². The monoisotopic (exact) mass is 319 g/mol. The van der Waals surface area contributed by atoms with Gasteiger partial charge in [0.15, 0.2) is 0 Å². The van der Waals surface area contributed by atoms with E-state index in [1.165, 1.54) is 4.90 Å². The van der Waals surface area contributed by atoms with Crippen LogP contribution in [0.15, 0.2) is 12.1 Å². The second-order valence-electron chi connectivity index (χ2n) is 5.09. The van der Waals surface area contributed by atoms with E-state index in [1.807, 2.05) is 0 Å². The number of likely N-dealkylation sites (tertiary alicyclic amines) is 1. The Hall–Kier alpha value is -1.33. The maximum atomic E-state index is 13.4. The first kappa shape index (κ1) is 15.1. The molecule has 1 saturated heterocycles. The Kier molecular flexibility index (Phi) is 3.93. The molecule has 1 aliphatic heterocycles. The molecule has 0 spiro atoms. The summed E-state index contributed by atoms with van der Waals surface area (Å²) in [5, 5.41) is 9.02. The molecule has 1 fully saturated rings. The van der Waals surface area contributed by atoms with E-state index in [0.717, 1.165) is 12.1 Å². The zero-order valence-electron chi connectivity index (χ0n) is 10.6. The quantitative estimate of drug-likeness (QED) is 0.852. The van der Waals surface area contributed by atoms with Crippen molar-refractivity contribution in [3.8, 4) is 0 Å². The highest BCUT2D eigenvalue weighted by molar-refractivity contribution is 6.36. The lowest BCUT2D eigenvalue weighted by Crippen LogP contribution is -2.35. The third-order valence-electron chi connectivity index (χ3n) is 3.52. The van der Waals surface area contributed by atoms with E-state index in [2.05, 4.69) is 0 Å². The lowest BCUT2D eigenvalue weighted by Gasteiger charge is -2.20. The minimum Gasteiger partial charge on any atom is -0.481 e. The highest BCUT2D eigenvalue weighted by Crippen LogP contribution is 2.32. The average molecular weight is 320 g/mol. The molecule has 1 amide bonds. The van der Waals surface area contributed by atoms with E-state index in [0.29, 0.717) is 13.0 Å². The molecule has 7 heteroatoms. The van der Waals surface area contributed by atoms with Crippen LogP contribution in [0.25, 0.3) is 0 Å². The van der Waals surface area contributed by atoms with Gasteiger partial charge in [0.25, 0.3) is 5.91 Å². The van der Waals surface area contributed by atoms with Crippen LogP contribution in [0.2, 0.25) is 10.0 Å². The van der Waals surface area contributed by atoms with Crippen LogP contribution in [-0.2, 0) is 4.79 Å². The Morgan fingerprint density at radius 3 is 2.55 bits per heavy atom. The van der Waals surface area contributed by atoms with Crippen LogP contribution in [0.1, 0.15) is 23.7 Å². The largest absolute Gasteiger partial charge is 0.481 e. The van der Waals surface area contributed by atoms with Crippen molar-refractivity contribution in [2.24, 2.45) is 5.41 Å². The van der Waals surface area contributed by atoms with Gasteiger partial charge in [-0.15, -0.1) is 0 Å². The van der Waals surface area contributed by atoms with E-state index in [-0.39, 0.29) is 22.2 Å². The van der Waals surface area contributed by atoms with Crippen molar-refractivity contribution >= 4 is 35.1 Å². The molecule has 0 bridgehead atoms. The summed E-state index contributed by atoms with van der Waals surface area (Å²) in [5.41, 5.74) is -0.990. The molecule has 20 heavy (non-hydrogen) atoms. The molecule has 1 aromatic carbocycles. The first-order valence-corrected chi connectivity index (χ1v) is 6.67. The summed E-state index contributed by atoms with van der Waals surface area (Å²) in [4.78, 5) is 24.8. The van der Waals surface area contributed by atoms with Gasteiger partial charge in [-0.25, -0.2) is 4.39 Å². The summed E-state index contributed by atoms with van der Waals surface area (Å²) in [6.45, 7) is 1.94. The Labute approximate surface area is 125 Å². The minimum absolute atomic E-state index is 0.0109. The summed E-state index contributed by atoms with van der Waals surface area (Å²) >= 11 is 11.5. The first-order chi connectivity index (χ1) is 9.24. The number of amides is 1. The number of halogens is 3. The fraction of sp³-hybridized carbons (Fsp3) is 0.385. The molecule has 2 rings (SSSR count). The lowest BCUT2D eigenvalue weighted by atomic mass is 9.90. The normalized spacial score (nSPS) is 22.1. The summed E-state index contributed by atoms with van der Waals surface area (Å²) in [7, 11) is 0. The number of carbonyl (C=O) groups excluding carboxylic acids is 1. The molecule has 1 N–H and O–H groups in total. The zero-order chi connectivity index (χ0) is 15.1. The van der Waals surface area contributed by atoms with Gasteiger partial charge in [0.2, 0.25) is 0 Å². The third-order valence-corrected chi connectivity index (χ3v) is 4.12. The molecule has 0 aliphatic carbocycles. The Balaban J connectivity index is 2.26. The SMILES string of the molecule is CC1(C(=O)O)CCN(C(=O)c2cc(F)c(Cl)cc2Cl)C1. The molecule has 0 saturated carbocycles. The molecule has 0 radical (unpaired) electrons. The maximum absolute atomic E-state index is 13.4. The van der Waals surface area contributed by atoms with Crippen molar-refractivity contribution in [2.75, 3.05) is 13.1 Å². The van der Waals surface area contributed by atoms with E-state index in [1.54, 1.807) is 6.92 Å². The molecule has 1 aromatic rings. The van der Waals surface area contributed by atoms with Crippen molar-refractivity contribution in [2.45, 2.75) is 13.3 Å². The van der Waals surface area contributed by atoms with E-state index in [4.69, 9.17) is 28.3 Å². The summed E-state index contributed by atoms with van der Waals surface area (Å²) in [5.74, 6) is -2.18. The fourth-order valence-electron chi connectivity index (χ4n) is 2.17. The van der Waals surface area contributed by atoms with Crippen LogP contribution in [0.4, 0.5) is 4.39 Å². The van der Waals surface area contributed by atoms with Crippen molar-refractivity contribution in [3.63, 3.8) is 0 Å². The minimum atomic E-state index is -0.979. The summed E-state index contributed by atoms with van der Waals surface area (Å²) in [6.07, 6.45) is 0.349. The van der Waals surface area contributed by atoms with E-state index in [9.17, 15) is 14.0 Å². The van der Waals surface area contributed by atoms with Gasteiger partial charge in [0.1, 0.15) is 5.82 Å². The second kappa shape index (κ2) is 5.22. The molecule has 1 aliphatic rings. The maximum Gasteiger partial charge on any atom is 0.311 e. The predicted molar refractivity (Wildman–Crippen MR) is 72.7 cm³/mol. The number of aliphatic carboxylic acids is 1. The van der Waals surface area contributed by atoms with Gasteiger partial charge in [-0.05, 0) is 25.5 Å². The molecular weight excluding hydrogens is 308 g/mol. The van der Waals surface area contributed by atoms with Gasteiger partial charge in [-0.3, -0.25) is 9.59 Å². The Bertz CT molecular complexity index is 593. The molecule has 0 aromatic heterocycles. The predicted octanol–water partition coefficient (Wildman–Crippen LogP) is 3.07. The number of carboxylic acids is 1. The van der Waals surface area contributed by atoms with E-state index >= 15 is 0 Å². The van der Waals surface area contributed by atoms with Crippen LogP contribution in [0, 0.1) is 11.2 Å². The van der Waals surface area contributed by atoms with Gasteiger partial charge in [-0.1, -0.05) is 23.2 Å². The number of benzene rings is 1. The lowest BCUT2D eigenvalue weighted by molar-refractivity contribution is -0.147. The molecule has 1 heterocycles. The van der Waals surface area contributed by atoms with Gasteiger partial charge < -0.3 is 10.0 Å². The number of hydrogen-bond acceptors (Lipinski definition) is 2. The Morgan fingerprint density at radius 1 is 1.35 bits per heavy atom. The van der Waals surface area contributed by atoms with Crippen molar-refractivity contribution in [1.82, 2.24) is 4.90 Å². The summed E-state index contributed by atoms with van der Waals surface area (Å²) < 4.78 is 13.4.